The summed E-state index contributed by atoms with van der Waals surface area (Å²) in [6.45, 7) is 2.95. The molecule has 0 radical (unpaired) electrons. The molecule has 0 saturated carbocycles. The molecule has 2 heteroatoms. The molecule has 0 aliphatic rings. The zero-order valence-electron chi connectivity index (χ0n) is 11.0. The normalized spacial score (nSPS) is 12.7. The Morgan fingerprint density at radius 1 is 1.00 bits per heavy atom. The van der Waals surface area contributed by atoms with E-state index in [1.807, 2.05) is 12.1 Å². The highest BCUT2D eigenvalue weighted by Crippen LogP contribution is 2.20. The van der Waals surface area contributed by atoms with Crippen molar-refractivity contribution in [3.63, 3.8) is 0 Å². The number of rotatable bonds is 4. The van der Waals surface area contributed by atoms with Crippen LogP contribution in [0, 0.1) is 0 Å². The summed E-state index contributed by atoms with van der Waals surface area (Å²) in [6.07, 6.45) is 1.71. The molecule has 0 aliphatic heterocycles. The van der Waals surface area contributed by atoms with E-state index in [1.54, 1.807) is 6.26 Å². The highest BCUT2D eigenvalue weighted by Gasteiger charge is 2.08. The quantitative estimate of drug-likeness (QED) is 0.748. The predicted molar refractivity (Wildman–Crippen MR) is 77.9 cm³/mol. The lowest BCUT2D eigenvalue weighted by Crippen LogP contribution is -2.17. The Morgan fingerprint density at radius 3 is 2.68 bits per heavy atom. The van der Waals surface area contributed by atoms with Gasteiger partial charge in [-0.25, -0.2) is 0 Å². The molecule has 2 nitrogen and oxygen atoms in total. The van der Waals surface area contributed by atoms with Gasteiger partial charge in [0.25, 0.3) is 0 Å². The Hall–Kier alpha value is -2.06. The summed E-state index contributed by atoms with van der Waals surface area (Å²) in [7, 11) is 0. The molecule has 0 fully saturated rings. The van der Waals surface area contributed by atoms with Gasteiger partial charge in [-0.2, -0.15) is 0 Å². The van der Waals surface area contributed by atoms with Crippen molar-refractivity contribution in [3.8, 4) is 0 Å². The highest BCUT2D eigenvalue weighted by atomic mass is 16.3. The molecule has 2 aromatic carbocycles. The van der Waals surface area contributed by atoms with Crippen LogP contribution in [0.5, 0.6) is 0 Å². The maximum atomic E-state index is 5.41. The van der Waals surface area contributed by atoms with Gasteiger partial charge in [-0.05, 0) is 35.4 Å². The van der Waals surface area contributed by atoms with Crippen LogP contribution in [-0.4, -0.2) is 0 Å². The monoisotopic (exact) mass is 251 g/mol. The predicted octanol–water partition coefficient (Wildman–Crippen LogP) is 4.28. The third kappa shape index (κ3) is 2.54. The molecule has 19 heavy (non-hydrogen) atoms. The zero-order chi connectivity index (χ0) is 13.1. The molecule has 1 N–H and O–H groups in total. The number of nitrogens with one attached hydrogen (secondary N) is 1. The van der Waals surface area contributed by atoms with Crippen LogP contribution in [0.25, 0.3) is 10.8 Å². The van der Waals surface area contributed by atoms with Crippen molar-refractivity contribution in [1.82, 2.24) is 5.32 Å². The molecule has 0 spiro atoms. The lowest BCUT2D eigenvalue weighted by molar-refractivity contribution is 0.430. The summed E-state index contributed by atoms with van der Waals surface area (Å²) in [5, 5.41) is 6.09. The topological polar surface area (TPSA) is 25.2 Å². The average molecular weight is 251 g/mol. The number of furan rings is 1. The SMILES string of the molecule is CC(NCc1cccc2ccccc12)c1ccco1. The van der Waals surface area contributed by atoms with Crippen LogP contribution in [0.4, 0.5) is 0 Å². The summed E-state index contributed by atoms with van der Waals surface area (Å²) in [6, 6.07) is 19.0. The fourth-order valence-electron chi connectivity index (χ4n) is 2.35. The summed E-state index contributed by atoms with van der Waals surface area (Å²) in [5.41, 5.74) is 1.32. The third-order valence-electron chi connectivity index (χ3n) is 3.45. The minimum Gasteiger partial charge on any atom is -0.468 e. The third-order valence-corrected chi connectivity index (χ3v) is 3.45. The van der Waals surface area contributed by atoms with Crippen LogP contribution < -0.4 is 5.32 Å². The van der Waals surface area contributed by atoms with Crippen molar-refractivity contribution < 1.29 is 4.42 Å². The summed E-state index contributed by atoms with van der Waals surface area (Å²) in [4.78, 5) is 0. The summed E-state index contributed by atoms with van der Waals surface area (Å²) in [5.74, 6) is 0.972. The van der Waals surface area contributed by atoms with Crippen LogP contribution in [0.2, 0.25) is 0 Å². The van der Waals surface area contributed by atoms with Gasteiger partial charge in [-0.1, -0.05) is 42.5 Å². The van der Waals surface area contributed by atoms with E-state index in [9.17, 15) is 0 Å². The molecule has 0 bridgehead atoms. The van der Waals surface area contributed by atoms with Crippen LogP contribution in [0.1, 0.15) is 24.3 Å². The fraction of sp³-hybridized carbons (Fsp3) is 0.176. The number of fused-ring (bicyclic) bond motifs is 1. The Balaban J connectivity index is 1.79. The zero-order valence-corrected chi connectivity index (χ0v) is 11.0. The first-order valence-electron chi connectivity index (χ1n) is 6.58. The molecule has 3 aromatic rings. The fourth-order valence-corrected chi connectivity index (χ4v) is 2.35. The maximum absolute atomic E-state index is 5.41. The molecule has 0 saturated heterocycles. The first-order chi connectivity index (χ1) is 9.34. The lowest BCUT2D eigenvalue weighted by Gasteiger charge is -2.13. The first kappa shape index (κ1) is 12.0. The van der Waals surface area contributed by atoms with Crippen molar-refractivity contribution in [2.45, 2.75) is 19.5 Å². The van der Waals surface area contributed by atoms with E-state index in [-0.39, 0.29) is 6.04 Å². The first-order valence-corrected chi connectivity index (χ1v) is 6.58. The molecule has 1 heterocycles. The maximum Gasteiger partial charge on any atom is 0.120 e. The van der Waals surface area contributed by atoms with E-state index in [0.717, 1.165) is 12.3 Å². The minimum atomic E-state index is 0.217. The number of hydrogen-bond donors (Lipinski definition) is 1. The lowest BCUT2D eigenvalue weighted by atomic mass is 10.0. The van der Waals surface area contributed by atoms with Gasteiger partial charge in [0.2, 0.25) is 0 Å². The van der Waals surface area contributed by atoms with Gasteiger partial charge >= 0.3 is 0 Å². The molecule has 96 valence electrons. The van der Waals surface area contributed by atoms with Crippen LogP contribution in [0.15, 0.2) is 65.3 Å². The van der Waals surface area contributed by atoms with Gasteiger partial charge in [0.15, 0.2) is 0 Å². The van der Waals surface area contributed by atoms with E-state index in [0.29, 0.717) is 0 Å². The minimum absolute atomic E-state index is 0.217. The van der Waals surface area contributed by atoms with Crippen molar-refractivity contribution in [3.05, 3.63) is 72.2 Å². The molecule has 0 amide bonds. The van der Waals surface area contributed by atoms with Gasteiger partial charge in [0.05, 0.1) is 12.3 Å². The standard InChI is InChI=1S/C17H17NO/c1-13(17-10-5-11-19-17)18-12-15-8-4-7-14-6-2-3-9-16(14)15/h2-11,13,18H,12H2,1H3. The largest absolute Gasteiger partial charge is 0.468 e. The van der Waals surface area contributed by atoms with Crippen LogP contribution in [0.3, 0.4) is 0 Å². The Kier molecular flexibility index (Phi) is 3.34. The van der Waals surface area contributed by atoms with Crippen molar-refractivity contribution in [1.29, 1.82) is 0 Å². The molecule has 1 aromatic heterocycles. The Morgan fingerprint density at radius 2 is 1.84 bits per heavy atom. The van der Waals surface area contributed by atoms with E-state index in [4.69, 9.17) is 4.42 Å². The van der Waals surface area contributed by atoms with Crippen molar-refractivity contribution in [2.24, 2.45) is 0 Å². The molecule has 3 rings (SSSR count). The van der Waals surface area contributed by atoms with Crippen molar-refractivity contribution in [2.75, 3.05) is 0 Å². The van der Waals surface area contributed by atoms with Crippen molar-refractivity contribution >= 4 is 10.8 Å². The van der Waals surface area contributed by atoms with Gasteiger partial charge in [0.1, 0.15) is 5.76 Å². The molecule has 1 unspecified atom stereocenters. The second-order valence-corrected chi connectivity index (χ2v) is 4.76. The number of benzene rings is 2. The second kappa shape index (κ2) is 5.29. The molecule has 0 aliphatic carbocycles. The summed E-state index contributed by atoms with van der Waals surface area (Å²) < 4.78 is 5.41. The smallest absolute Gasteiger partial charge is 0.120 e. The van der Waals surface area contributed by atoms with Crippen LogP contribution in [-0.2, 0) is 6.54 Å². The number of hydrogen-bond acceptors (Lipinski definition) is 2. The highest BCUT2D eigenvalue weighted by molar-refractivity contribution is 5.85. The Labute approximate surface area is 113 Å². The van der Waals surface area contributed by atoms with Gasteiger partial charge in [-0.15, -0.1) is 0 Å². The van der Waals surface area contributed by atoms with Crippen LogP contribution >= 0.6 is 0 Å². The summed E-state index contributed by atoms with van der Waals surface area (Å²) >= 11 is 0. The van der Waals surface area contributed by atoms with E-state index in [1.165, 1.54) is 16.3 Å². The van der Waals surface area contributed by atoms with E-state index in [2.05, 4.69) is 54.7 Å². The Bertz CT molecular complexity index is 653. The molecular weight excluding hydrogens is 234 g/mol. The second-order valence-electron chi connectivity index (χ2n) is 4.76. The molecule has 1 atom stereocenters. The van der Waals surface area contributed by atoms with E-state index >= 15 is 0 Å². The average Bonchev–Trinajstić information content (AvgIpc) is 2.99. The van der Waals surface area contributed by atoms with Gasteiger partial charge in [0, 0.05) is 6.54 Å². The van der Waals surface area contributed by atoms with E-state index < -0.39 is 0 Å². The molecular formula is C17H17NO. The van der Waals surface area contributed by atoms with Gasteiger partial charge < -0.3 is 9.73 Å². The van der Waals surface area contributed by atoms with Gasteiger partial charge in [-0.3, -0.25) is 0 Å².